The van der Waals surface area contributed by atoms with Crippen molar-refractivity contribution < 1.29 is 27.9 Å². The van der Waals surface area contributed by atoms with E-state index in [-0.39, 0.29) is 23.9 Å². The molecule has 0 saturated carbocycles. The van der Waals surface area contributed by atoms with Crippen molar-refractivity contribution in [2.45, 2.75) is 27.1 Å². The topological polar surface area (TPSA) is 145 Å². The molecule has 0 bridgehead atoms. The van der Waals surface area contributed by atoms with E-state index >= 15 is 0 Å². The van der Waals surface area contributed by atoms with Gasteiger partial charge in [-0.1, -0.05) is 0 Å². The molecule has 30 heavy (non-hydrogen) atoms. The van der Waals surface area contributed by atoms with Crippen molar-refractivity contribution in [3.8, 4) is 0 Å². The molecule has 3 rings (SSSR count). The third-order valence-electron chi connectivity index (χ3n) is 3.76. The minimum Gasteiger partial charge on any atom is -0.458 e. The van der Waals surface area contributed by atoms with Crippen molar-refractivity contribution in [1.29, 1.82) is 0 Å². The van der Waals surface area contributed by atoms with Crippen LogP contribution in [0.3, 0.4) is 0 Å². The summed E-state index contributed by atoms with van der Waals surface area (Å²) in [6.45, 7) is 2.49. The van der Waals surface area contributed by atoms with E-state index in [9.17, 15) is 19.2 Å². The maximum atomic E-state index is 12.3. The van der Waals surface area contributed by atoms with Crippen molar-refractivity contribution in [3.05, 3.63) is 78.7 Å². The van der Waals surface area contributed by atoms with Gasteiger partial charge >= 0.3 is 11.9 Å². The highest BCUT2D eigenvalue weighted by Gasteiger charge is 2.05. The average Bonchev–Trinajstić information content (AvgIpc) is 3.31. The second-order valence-corrected chi connectivity index (χ2v) is 6.19. The molecular weight excluding hydrogens is 396 g/mol. The Balaban J connectivity index is 1.85. The van der Waals surface area contributed by atoms with E-state index in [1.807, 2.05) is 0 Å². The molecule has 3 heterocycles. The van der Waals surface area contributed by atoms with Gasteiger partial charge in [-0.05, 0) is 24.3 Å². The van der Waals surface area contributed by atoms with Gasteiger partial charge in [0.1, 0.15) is 47.0 Å². The highest BCUT2D eigenvalue weighted by atomic mass is 16.5. The number of ether oxygens (including phenoxy) is 2. The predicted molar refractivity (Wildman–Crippen MR) is 102 cm³/mol. The summed E-state index contributed by atoms with van der Waals surface area (Å²) in [5.74, 6) is 0.497. The highest BCUT2D eigenvalue weighted by molar-refractivity contribution is 5.66. The van der Waals surface area contributed by atoms with E-state index in [2.05, 4.69) is 9.97 Å². The molecule has 0 aromatic carbocycles. The van der Waals surface area contributed by atoms with Gasteiger partial charge in [-0.2, -0.15) is 0 Å². The zero-order chi connectivity index (χ0) is 21.7. The van der Waals surface area contributed by atoms with Crippen LogP contribution in [0, 0.1) is 0 Å². The fraction of sp³-hybridized carbons (Fsp3) is 0.200. The molecule has 0 unspecified atom stereocenters. The first-order chi connectivity index (χ1) is 14.3. The van der Waals surface area contributed by atoms with Gasteiger partial charge < -0.3 is 28.3 Å². The van der Waals surface area contributed by atoms with Crippen LogP contribution in [0.4, 0.5) is 0 Å². The minimum atomic E-state index is -0.550. The number of rotatable bonds is 6. The molecule has 10 nitrogen and oxygen atoms in total. The first kappa shape index (κ1) is 20.6. The fourth-order valence-corrected chi connectivity index (χ4v) is 2.43. The molecule has 10 heteroatoms. The normalized spacial score (nSPS) is 12.2. The van der Waals surface area contributed by atoms with E-state index < -0.39 is 23.1 Å². The Labute approximate surface area is 168 Å². The van der Waals surface area contributed by atoms with Gasteiger partial charge in [0.25, 0.3) is 11.1 Å². The average molecular weight is 414 g/mol. The van der Waals surface area contributed by atoms with Crippen LogP contribution >= 0.6 is 0 Å². The third kappa shape index (κ3) is 5.47. The quantitative estimate of drug-likeness (QED) is 0.538. The van der Waals surface area contributed by atoms with Crippen molar-refractivity contribution in [2.75, 3.05) is 0 Å². The summed E-state index contributed by atoms with van der Waals surface area (Å²) in [6.07, 6.45) is 2.71. The van der Waals surface area contributed by atoms with Gasteiger partial charge in [0.05, 0.1) is 0 Å². The lowest BCUT2D eigenvalue weighted by molar-refractivity contribution is -0.143. The maximum absolute atomic E-state index is 12.3. The van der Waals surface area contributed by atoms with Gasteiger partial charge in [0, 0.05) is 26.0 Å². The summed E-state index contributed by atoms with van der Waals surface area (Å²) < 4.78 is 20.5. The molecule has 0 aliphatic carbocycles. The molecule has 3 aromatic heterocycles. The SMILES string of the molecule is CC(=O)OCc1ccc(/C=c2/[nH]c(=O)/c(=C\c3ccc(COC(C)=O)o3)[nH]c2=O)o1. The molecular formula is C20H18N2O8. The Bertz CT molecular complexity index is 1200. The van der Waals surface area contributed by atoms with Crippen LogP contribution in [0.2, 0.25) is 0 Å². The van der Waals surface area contributed by atoms with Gasteiger partial charge in [0.2, 0.25) is 0 Å². The smallest absolute Gasteiger partial charge is 0.303 e. The number of carbonyl (C=O) groups is 2. The molecule has 0 amide bonds. The summed E-state index contributed by atoms with van der Waals surface area (Å²) in [5.41, 5.74) is -1.10. The number of aromatic amines is 2. The fourth-order valence-electron chi connectivity index (χ4n) is 2.43. The molecule has 0 aliphatic rings. The molecule has 156 valence electrons. The Morgan fingerprint density at radius 1 is 0.800 bits per heavy atom. The van der Waals surface area contributed by atoms with Gasteiger partial charge in [0.15, 0.2) is 0 Å². The number of hydrogen-bond donors (Lipinski definition) is 2. The molecule has 0 radical (unpaired) electrons. The van der Waals surface area contributed by atoms with Crippen molar-refractivity contribution in [2.24, 2.45) is 0 Å². The standard InChI is InChI=1S/C20H18N2O8/c1-11(23)27-9-15-5-3-13(29-15)7-17-19(25)22-18(20(26)21-17)8-14-4-6-16(30-14)10-28-12(2)24/h3-8H,9-10H2,1-2H3,(H,21,26)(H,22,25)/b17-7+,18-8+. The summed E-state index contributed by atoms with van der Waals surface area (Å²) in [7, 11) is 0. The lowest BCUT2D eigenvalue weighted by Crippen LogP contribution is -2.46. The molecule has 0 fully saturated rings. The number of H-pyrrole nitrogens is 2. The maximum Gasteiger partial charge on any atom is 0.303 e. The molecule has 3 aromatic rings. The third-order valence-corrected chi connectivity index (χ3v) is 3.76. The Morgan fingerprint density at radius 3 is 1.57 bits per heavy atom. The number of carbonyl (C=O) groups excluding carboxylic acids is 2. The number of furan rings is 2. The molecule has 0 saturated heterocycles. The molecule has 0 spiro atoms. The largest absolute Gasteiger partial charge is 0.458 e. The molecule has 0 aliphatic heterocycles. The van der Waals surface area contributed by atoms with E-state index in [4.69, 9.17) is 18.3 Å². The monoisotopic (exact) mass is 414 g/mol. The summed E-state index contributed by atoms with van der Waals surface area (Å²) in [6, 6.07) is 6.33. The van der Waals surface area contributed by atoms with Crippen molar-refractivity contribution in [1.82, 2.24) is 9.97 Å². The Hall–Kier alpha value is -4.08. The van der Waals surface area contributed by atoms with E-state index in [0.29, 0.717) is 23.0 Å². The second kappa shape index (κ2) is 8.95. The minimum absolute atomic E-state index is 0.0134. The zero-order valence-corrected chi connectivity index (χ0v) is 16.1. The van der Waals surface area contributed by atoms with Crippen LogP contribution in [-0.2, 0) is 32.3 Å². The number of hydrogen-bond acceptors (Lipinski definition) is 8. The van der Waals surface area contributed by atoms with E-state index in [0.717, 1.165) is 0 Å². The van der Waals surface area contributed by atoms with Crippen LogP contribution in [0.5, 0.6) is 0 Å². The summed E-state index contributed by atoms with van der Waals surface area (Å²) in [4.78, 5) is 51.3. The summed E-state index contributed by atoms with van der Waals surface area (Å²) >= 11 is 0. The predicted octanol–water partition coefficient (Wildman–Crippen LogP) is 0.0330. The van der Waals surface area contributed by atoms with Crippen LogP contribution in [0.1, 0.15) is 36.9 Å². The second-order valence-electron chi connectivity index (χ2n) is 6.19. The van der Waals surface area contributed by atoms with E-state index in [1.165, 1.54) is 26.0 Å². The van der Waals surface area contributed by atoms with Crippen LogP contribution in [-0.4, -0.2) is 21.9 Å². The molecule has 0 atom stereocenters. The Morgan fingerprint density at radius 2 is 1.20 bits per heavy atom. The lowest BCUT2D eigenvalue weighted by Gasteiger charge is -1.97. The van der Waals surface area contributed by atoms with Gasteiger partial charge in [-0.3, -0.25) is 19.2 Å². The number of nitrogens with one attached hydrogen (secondary N) is 2. The number of esters is 2. The van der Waals surface area contributed by atoms with Gasteiger partial charge in [-0.25, -0.2) is 0 Å². The van der Waals surface area contributed by atoms with Crippen LogP contribution < -0.4 is 21.8 Å². The first-order valence-corrected chi connectivity index (χ1v) is 8.80. The van der Waals surface area contributed by atoms with Gasteiger partial charge in [-0.15, -0.1) is 0 Å². The zero-order valence-electron chi connectivity index (χ0n) is 16.1. The van der Waals surface area contributed by atoms with Crippen molar-refractivity contribution in [3.63, 3.8) is 0 Å². The highest BCUT2D eigenvalue weighted by Crippen LogP contribution is 2.10. The Kier molecular flexibility index (Phi) is 6.16. The van der Waals surface area contributed by atoms with Crippen LogP contribution in [0.25, 0.3) is 12.2 Å². The van der Waals surface area contributed by atoms with Crippen LogP contribution in [0.15, 0.2) is 42.7 Å². The lowest BCUT2D eigenvalue weighted by atomic mass is 10.3. The van der Waals surface area contributed by atoms with Crippen molar-refractivity contribution >= 4 is 24.1 Å². The molecule has 2 N–H and O–H groups in total. The van der Waals surface area contributed by atoms with E-state index in [1.54, 1.807) is 24.3 Å². The summed E-state index contributed by atoms with van der Waals surface area (Å²) in [5, 5.41) is -0.0268. The first-order valence-electron chi connectivity index (χ1n) is 8.80. The number of aromatic nitrogens is 2.